The summed E-state index contributed by atoms with van der Waals surface area (Å²) in [5.41, 5.74) is 0.434. The molecule has 0 atom stereocenters. The molecule has 1 heterocycles. The molecule has 1 aromatic carbocycles. The van der Waals surface area contributed by atoms with Crippen molar-refractivity contribution in [3.63, 3.8) is 0 Å². The minimum Gasteiger partial charge on any atom is -0.496 e. The molecule has 27 heavy (non-hydrogen) atoms. The number of nitrogens with zero attached hydrogens (tertiary/aromatic N) is 1. The van der Waals surface area contributed by atoms with Gasteiger partial charge in [-0.2, -0.15) is 13.2 Å². The van der Waals surface area contributed by atoms with E-state index in [0.29, 0.717) is 11.5 Å². The molecule has 0 fully saturated rings. The number of pyridine rings is 1. The number of carbonyl (C=O) groups is 1. The van der Waals surface area contributed by atoms with Crippen molar-refractivity contribution in [3.05, 3.63) is 36.0 Å². The minimum absolute atomic E-state index is 0.174. The Morgan fingerprint density at radius 1 is 1.04 bits per heavy atom. The fourth-order valence-corrected chi connectivity index (χ4v) is 2.10. The molecule has 0 aliphatic heterocycles. The lowest BCUT2D eigenvalue weighted by Crippen LogP contribution is -2.19. The van der Waals surface area contributed by atoms with Crippen LogP contribution in [0, 0.1) is 0 Å². The van der Waals surface area contributed by atoms with Gasteiger partial charge in [0.05, 0.1) is 38.8 Å². The van der Waals surface area contributed by atoms with E-state index in [1.807, 2.05) is 0 Å². The van der Waals surface area contributed by atoms with Gasteiger partial charge in [-0.3, -0.25) is 4.79 Å². The maximum Gasteiger partial charge on any atom is 0.422 e. The molecule has 0 spiro atoms. The number of rotatable bonds is 7. The van der Waals surface area contributed by atoms with E-state index in [2.05, 4.69) is 15.0 Å². The molecule has 1 aromatic heterocycles. The summed E-state index contributed by atoms with van der Waals surface area (Å²) in [6.45, 7) is -1.45. The van der Waals surface area contributed by atoms with Crippen molar-refractivity contribution in [2.75, 3.05) is 33.3 Å². The van der Waals surface area contributed by atoms with E-state index < -0.39 is 18.7 Å². The highest BCUT2D eigenvalue weighted by Crippen LogP contribution is 2.35. The van der Waals surface area contributed by atoms with Crippen LogP contribution < -0.4 is 24.3 Å². The maximum atomic E-state index is 12.5. The fraction of sp³-hybridized carbons (Fsp3) is 0.294. The van der Waals surface area contributed by atoms with Gasteiger partial charge in [-0.1, -0.05) is 0 Å². The van der Waals surface area contributed by atoms with Crippen LogP contribution >= 0.6 is 0 Å². The van der Waals surface area contributed by atoms with Crippen LogP contribution in [0.3, 0.4) is 0 Å². The number of halogens is 3. The molecule has 0 saturated carbocycles. The number of anilines is 1. The standard InChI is InChI=1S/C17H17F3N2O5/c1-24-12-7-14(26-3)13(25-2)6-11(12)16(23)22-10-4-5-15(21-8-10)27-9-17(18,19)20/h4-8H,9H2,1-3H3,(H,22,23). The smallest absolute Gasteiger partial charge is 0.422 e. The topological polar surface area (TPSA) is 78.9 Å². The summed E-state index contributed by atoms with van der Waals surface area (Å²) in [6, 6.07) is 5.53. The van der Waals surface area contributed by atoms with Gasteiger partial charge in [0.25, 0.3) is 5.91 Å². The van der Waals surface area contributed by atoms with Crippen molar-refractivity contribution in [1.82, 2.24) is 4.98 Å². The number of hydrogen-bond acceptors (Lipinski definition) is 6. The maximum absolute atomic E-state index is 12.5. The molecule has 2 rings (SSSR count). The normalized spacial score (nSPS) is 10.9. The summed E-state index contributed by atoms with van der Waals surface area (Å²) in [5.74, 6) is 0.229. The molecule has 10 heteroatoms. The van der Waals surface area contributed by atoms with E-state index in [0.717, 1.165) is 0 Å². The van der Waals surface area contributed by atoms with Crippen LogP contribution in [0.4, 0.5) is 18.9 Å². The molecular weight excluding hydrogens is 369 g/mol. The Morgan fingerprint density at radius 2 is 1.67 bits per heavy atom. The van der Waals surface area contributed by atoms with Gasteiger partial charge in [0.1, 0.15) is 5.75 Å². The summed E-state index contributed by atoms with van der Waals surface area (Å²) >= 11 is 0. The summed E-state index contributed by atoms with van der Waals surface area (Å²) in [5, 5.41) is 2.57. The largest absolute Gasteiger partial charge is 0.496 e. The highest BCUT2D eigenvalue weighted by molar-refractivity contribution is 6.06. The molecule has 146 valence electrons. The van der Waals surface area contributed by atoms with E-state index in [1.165, 1.54) is 51.8 Å². The molecule has 1 N–H and O–H groups in total. The van der Waals surface area contributed by atoms with Crippen LogP contribution in [0.25, 0.3) is 0 Å². The minimum atomic E-state index is -4.46. The zero-order valence-corrected chi connectivity index (χ0v) is 14.7. The lowest BCUT2D eigenvalue weighted by Gasteiger charge is -2.14. The number of amides is 1. The van der Waals surface area contributed by atoms with E-state index in [4.69, 9.17) is 14.2 Å². The highest BCUT2D eigenvalue weighted by Gasteiger charge is 2.28. The average molecular weight is 386 g/mol. The monoisotopic (exact) mass is 386 g/mol. The van der Waals surface area contributed by atoms with Crippen molar-refractivity contribution >= 4 is 11.6 Å². The molecule has 0 aliphatic rings. The first-order valence-electron chi connectivity index (χ1n) is 7.54. The number of carbonyl (C=O) groups excluding carboxylic acids is 1. The van der Waals surface area contributed by atoms with E-state index in [9.17, 15) is 18.0 Å². The average Bonchev–Trinajstić information content (AvgIpc) is 2.65. The predicted octanol–water partition coefficient (Wildman–Crippen LogP) is 3.30. The number of hydrogen-bond donors (Lipinski definition) is 1. The Bertz CT molecular complexity index is 794. The van der Waals surface area contributed by atoms with Crippen LogP contribution in [0.5, 0.6) is 23.1 Å². The van der Waals surface area contributed by atoms with Crippen LogP contribution in [-0.4, -0.2) is 45.0 Å². The third kappa shape index (κ3) is 5.40. The molecule has 2 aromatic rings. The number of aromatic nitrogens is 1. The van der Waals surface area contributed by atoms with E-state index in [1.54, 1.807) is 0 Å². The first-order chi connectivity index (χ1) is 12.8. The van der Waals surface area contributed by atoms with Gasteiger partial charge >= 0.3 is 6.18 Å². The van der Waals surface area contributed by atoms with E-state index >= 15 is 0 Å². The highest BCUT2D eigenvalue weighted by atomic mass is 19.4. The van der Waals surface area contributed by atoms with E-state index in [-0.39, 0.29) is 22.9 Å². The third-order valence-electron chi connectivity index (χ3n) is 3.33. The SMILES string of the molecule is COc1cc(OC)c(C(=O)Nc2ccc(OCC(F)(F)F)nc2)cc1OC. The van der Waals surface area contributed by atoms with Gasteiger partial charge in [-0.05, 0) is 6.07 Å². The van der Waals surface area contributed by atoms with Gasteiger partial charge in [0.15, 0.2) is 18.1 Å². The molecule has 0 radical (unpaired) electrons. The van der Waals surface area contributed by atoms with Crippen LogP contribution in [-0.2, 0) is 0 Å². The molecule has 0 bridgehead atoms. The molecule has 0 unspecified atom stereocenters. The predicted molar refractivity (Wildman–Crippen MR) is 89.8 cm³/mol. The van der Waals surface area contributed by atoms with Gasteiger partial charge < -0.3 is 24.3 Å². The second kappa shape index (κ2) is 8.47. The Balaban J connectivity index is 2.15. The Labute approximate surface area is 153 Å². The Kier molecular flexibility index (Phi) is 6.32. The Morgan fingerprint density at radius 3 is 2.19 bits per heavy atom. The van der Waals surface area contributed by atoms with Crippen LogP contribution in [0.1, 0.15) is 10.4 Å². The summed E-state index contributed by atoms with van der Waals surface area (Å²) in [4.78, 5) is 16.2. The first kappa shape index (κ1) is 20.1. The van der Waals surface area contributed by atoms with Crippen molar-refractivity contribution in [2.45, 2.75) is 6.18 Å². The van der Waals surface area contributed by atoms with Crippen molar-refractivity contribution in [1.29, 1.82) is 0 Å². The second-order valence-electron chi connectivity index (χ2n) is 5.15. The molecule has 0 saturated heterocycles. The van der Waals surface area contributed by atoms with Crippen LogP contribution in [0.2, 0.25) is 0 Å². The molecule has 1 amide bonds. The van der Waals surface area contributed by atoms with Crippen molar-refractivity contribution in [2.24, 2.45) is 0 Å². The summed E-state index contributed by atoms with van der Waals surface area (Å²) in [6.07, 6.45) is -3.28. The third-order valence-corrected chi connectivity index (χ3v) is 3.33. The van der Waals surface area contributed by atoms with Crippen LogP contribution in [0.15, 0.2) is 30.5 Å². The Hall–Kier alpha value is -3.17. The zero-order chi connectivity index (χ0) is 20.0. The molecular formula is C17H17F3N2O5. The number of nitrogens with one attached hydrogen (secondary N) is 1. The van der Waals surface area contributed by atoms with Gasteiger partial charge in [-0.15, -0.1) is 0 Å². The van der Waals surface area contributed by atoms with Crippen molar-refractivity contribution < 1.29 is 36.9 Å². The fourth-order valence-electron chi connectivity index (χ4n) is 2.10. The molecule has 7 nitrogen and oxygen atoms in total. The number of methoxy groups -OCH3 is 3. The van der Waals surface area contributed by atoms with Gasteiger partial charge in [0, 0.05) is 18.2 Å². The first-order valence-corrected chi connectivity index (χ1v) is 7.54. The zero-order valence-electron chi connectivity index (χ0n) is 14.7. The second-order valence-corrected chi connectivity index (χ2v) is 5.15. The van der Waals surface area contributed by atoms with Crippen molar-refractivity contribution in [3.8, 4) is 23.1 Å². The summed E-state index contributed by atoms with van der Waals surface area (Å²) in [7, 11) is 4.27. The quantitative estimate of drug-likeness (QED) is 0.787. The number of alkyl halides is 3. The lowest BCUT2D eigenvalue weighted by atomic mass is 10.1. The molecule has 0 aliphatic carbocycles. The van der Waals surface area contributed by atoms with Gasteiger partial charge in [-0.25, -0.2) is 4.98 Å². The lowest BCUT2D eigenvalue weighted by molar-refractivity contribution is -0.154. The van der Waals surface area contributed by atoms with Gasteiger partial charge in [0.2, 0.25) is 5.88 Å². The number of ether oxygens (including phenoxy) is 4. The summed E-state index contributed by atoms with van der Waals surface area (Å²) < 4.78 is 56.4. The number of benzene rings is 1.